The maximum atomic E-state index is 9.29. The van der Waals surface area contributed by atoms with Gasteiger partial charge in [-0.2, -0.15) is 15.2 Å². The van der Waals surface area contributed by atoms with Crippen molar-refractivity contribution in [1.82, 2.24) is 20.2 Å². The first-order chi connectivity index (χ1) is 19.1. The standard InChI is InChI=1S/C30H37N7O2/c1-21-6-3-7-22-8-4-10-26(27(21)22)36-16-17-38-28-25(19-36)33-30(39-20-24-9-5-14-35(24)2)34-29(28)37-15-13-32-23(18-37)11-12-31/h3-4,6-8,10,23-24,32H,5,9,11,13-20H2,1-2H3/t23-,24-/m0/s1. The van der Waals surface area contributed by atoms with Crippen LogP contribution in [0.4, 0.5) is 11.5 Å². The number of hydrogen-bond donors (Lipinski definition) is 1. The molecule has 3 aromatic rings. The fourth-order valence-corrected chi connectivity index (χ4v) is 6.11. The normalized spacial score (nSPS) is 21.8. The zero-order valence-electron chi connectivity index (χ0n) is 22.9. The van der Waals surface area contributed by atoms with E-state index in [1.807, 2.05) is 0 Å². The molecule has 204 valence electrons. The predicted molar refractivity (Wildman–Crippen MR) is 153 cm³/mol. The van der Waals surface area contributed by atoms with Gasteiger partial charge < -0.3 is 29.5 Å². The number of aromatic nitrogens is 2. The number of likely N-dealkylation sites (tertiary alicyclic amines) is 1. The Morgan fingerprint density at radius 2 is 2.00 bits per heavy atom. The van der Waals surface area contributed by atoms with Crippen LogP contribution in [0.3, 0.4) is 0 Å². The number of fused-ring (bicyclic) bond motifs is 2. The summed E-state index contributed by atoms with van der Waals surface area (Å²) in [6, 6.07) is 16.1. The van der Waals surface area contributed by atoms with E-state index in [-0.39, 0.29) is 6.04 Å². The molecule has 9 heteroatoms. The lowest BCUT2D eigenvalue weighted by Gasteiger charge is -2.34. The van der Waals surface area contributed by atoms with Crippen LogP contribution < -0.4 is 24.6 Å². The van der Waals surface area contributed by atoms with E-state index in [1.165, 1.54) is 28.4 Å². The molecule has 0 unspecified atom stereocenters. The molecule has 0 amide bonds. The third-order valence-corrected chi connectivity index (χ3v) is 8.25. The highest BCUT2D eigenvalue weighted by Gasteiger charge is 2.30. The second kappa shape index (κ2) is 11.2. The molecule has 2 aromatic carbocycles. The van der Waals surface area contributed by atoms with Gasteiger partial charge in [-0.1, -0.05) is 30.3 Å². The van der Waals surface area contributed by atoms with E-state index < -0.39 is 0 Å². The molecule has 0 spiro atoms. The van der Waals surface area contributed by atoms with Gasteiger partial charge in [-0.05, 0) is 50.4 Å². The van der Waals surface area contributed by atoms with Gasteiger partial charge in [0.1, 0.15) is 18.9 Å². The van der Waals surface area contributed by atoms with Crippen LogP contribution in [0.5, 0.6) is 11.8 Å². The Hall–Kier alpha value is -3.61. The summed E-state index contributed by atoms with van der Waals surface area (Å²) in [5.41, 5.74) is 3.28. The molecule has 1 aromatic heterocycles. The number of benzene rings is 2. The largest absolute Gasteiger partial charge is 0.486 e. The number of nitrogens with zero attached hydrogens (tertiary/aromatic N) is 6. The van der Waals surface area contributed by atoms with Crippen molar-refractivity contribution in [3.05, 3.63) is 47.7 Å². The lowest BCUT2D eigenvalue weighted by Crippen LogP contribution is -2.51. The Morgan fingerprint density at radius 1 is 1.13 bits per heavy atom. The Morgan fingerprint density at radius 3 is 2.82 bits per heavy atom. The molecule has 1 N–H and O–H groups in total. The fraction of sp³-hybridized carbons (Fsp3) is 0.500. The summed E-state index contributed by atoms with van der Waals surface area (Å²) in [7, 11) is 2.15. The number of anilines is 2. The summed E-state index contributed by atoms with van der Waals surface area (Å²) in [4.78, 5) is 16.8. The monoisotopic (exact) mass is 527 g/mol. The van der Waals surface area contributed by atoms with Crippen LogP contribution in [0.25, 0.3) is 10.8 Å². The molecule has 39 heavy (non-hydrogen) atoms. The second-order valence-corrected chi connectivity index (χ2v) is 10.9. The molecular formula is C30H37N7O2. The first kappa shape index (κ1) is 25.7. The van der Waals surface area contributed by atoms with Gasteiger partial charge in [0.15, 0.2) is 11.6 Å². The van der Waals surface area contributed by atoms with Crippen molar-refractivity contribution in [3.63, 3.8) is 0 Å². The quantitative estimate of drug-likeness (QED) is 0.517. The molecule has 0 radical (unpaired) electrons. The predicted octanol–water partition coefficient (Wildman–Crippen LogP) is 3.50. The lowest BCUT2D eigenvalue weighted by atomic mass is 10.0. The molecule has 0 bridgehead atoms. The molecule has 3 aliphatic heterocycles. The minimum Gasteiger partial charge on any atom is -0.486 e. The van der Waals surface area contributed by atoms with E-state index in [2.05, 4.69) is 76.5 Å². The molecule has 2 fully saturated rings. The molecule has 3 aliphatic rings. The van der Waals surface area contributed by atoms with Crippen LogP contribution in [0.2, 0.25) is 0 Å². The van der Waals surface area contributed by atoms with E-state index in [9.17, 15) is 5.26 Å². The summed E-state index contributed by atoms with van der Waals surface area (Å²) in [5.74, 6) is 1.51. The van der Waals surface area contributed by atoms with Gasteiger partial charge in [0, 0.05) is 42.8 Å². The van der Waals surface area contributed by atoms with Gasteiger partial charge in [0.05, 0.1) is 25.6 Å². The van der Waals surface area contributed by atoms with E-state index in [4.69, 9.17) is 19.4 Å². The van der Waals surface area contributed by atoms with Crippen molar-refractivity contribution in [2.24, 2.45) is 0 Å². The van der Waals surface area contributed by atoms with E-state index in [1.54, 1.807) is 0 Å². The van der Waals surface area contributed by atoms with Crippen LogP contribution in [0, 0.1) is 18.3 Å². The summed E-state index contributed by atoms with van der Waals surface area (Å²) in [6.07, 6.45) is 2.77. The topological polar surface area (TPSA) is 89.8 Å². The van der Waals surface area contributed by atoms with Crippen LogP contribution in [0.1, 0.15) is 30.5 Å². The summed E-state index contributed by atoms with van der Waals surface area (Å²) < 4.78 is 12.7. The molecular weight excluding hydrogens is 490 g/mol. The number of aryl methyl sites for hydroxylation is 1. The fourth-order valence-electron chi connectivity index (χ4n) is 6.11. The van der Waals surface area contributed by atoms with Gasteiger partial charge >= 0.3 is 6.01 Å². The average Bonchev–Trinajstić information content (AvgIpc) is 3.24. The number of rotatable bonds is 6. The summed E-state index contributed by atoms with van der Waals surface area (Å²) in [6.45, 7) is 7.98. The Bertz CT molecular complexity index is 1370. The highest BCUT2D eigenvalue weighted by atomic mass is 16.5. The van der Waals surface area contributed by atoms with Crippen molar-refractivity contribution in [3.8, 4) is 17.8 Å². The smallest absolute Gasteiger partial charge is 0.318 e. The highest BCUT2D eigenvalue weighted by molar-refractivity contribution is 5.96. The molecule has 2 saturated heterocycles. The zero-order chi connectivity index (χ0) is 26.8. The van der Waals surface area contributed by atoms with Gasteiger partial charge in [0.2, 0.25) is 0 Å². The van der Waals surface area contributed by atoms with E-state index >= 15 is 0 Å². The minimum atomic E-state index is 0.0896. The first-order valence-electron chi connectivity index (χ1n) is 14.1. The molecule has 9 nitrogen and oxygen atoms in total. The average molecular weight is 528 g/mol. The highest BCUT2D eigenvalue weighted by Crippen LogP contribution is 2.37. The van der Waals surface area contributed by atoms with E-state index in [0.29, 0.717) is 44.8 Å². The minimum absolute atomic E-state index is 0.0896. The van der Waals surface area contributed by atoms with Crippen LogP contribution in [-0.4, -0.2) is 79.9 Å². The summed E-state index contributed by atoms with van der Waals surface area (Å²) in [5, 5.41) is 15.2. The van der Waals surface area contributed by atoms with Gasteiger partial charge in [0.25, 0.3) is 0 Å². The van der Waals surface area contributed by atoms with Gasteiger partial charge in [-0.25, -0.2) is 0 Å². The molecule has 0 aliphatic carbocycles. The van der Waals surface area contributed by atoms with Crippen LogP contribution >= 0.6 is 0 Å². The second-order valence-electron chi connectivity index (χ2n) is 10.9. The molecule has 0 saturated carbocycles. The number of likely N-dealkylation sites (N-methyl/N-ethyl adjacent to an activating group) is 1. The number of hydrogen-bond acceptors (Lipinski definition) is 9. The number of nitrogens with one attached hydrogen (secondary N) is 1. The summed E-state index contributed by atoms with van der Waals surface area (Å²) >= 11 is 0. The van der Waals surface area contributed by atoms with Crippen LogP contribution in [0.15, 0.2) is 36.4 Å². The third-order valence-electron chi connectivity index (χ3n) is 8.25. The zero-order valence-corrected chi connectivity index (χ0v) is 22.9. The lowest BCUT2D eigenvalue weighted by molar-refractivity contribution is 0.187. The first-order valence-corrected chi connectivity index (χ1v) is 14.1. The SMILES string of the molecule is Cc1cccc2cccc(N3CCOc4c(nc(OC[C@@H]5CCCN5C)nc4N4CCN[C@@H](CC#N)C4)C3)c12. The van der Waals surface area contributed by atoms with Gasteiger partial charge in [-0.15, -0.1) is 0 Å². The third kappa shape index (κ3) is 5.32. The van der Waals surface area contributed by atoms with Gasteiger partial charge in [-0.3, -0.25) is 0 Å². The Kier molecular flexibility index (Phi) is 7.40. The Labute approximate surface area is 230 Å². The molecule has 6 rings (SSSR count). The Balaban J connectivity index is 1.36. The molecule has 4 heterocycles. The van der Waals surface area contributed by atoms with Crippen molar-refractivity contribution in [2.75, 3.05) is 62.8 Å². The number of nitriles is 1. The maximum absolute atomic E-state index is 9.29. The maximum Gasteiger partial charge on any atom is 0.318 e. The number of piperazine rings is 1. The van der Waals surface area contributed by atoms with Crippen molar-refractivity contribution < 1.29 is 9.47 Å². The van der Waals surface area contributed by atoms with Crippen molar-refractivity contribution in [1.29, 1.82) is 5.26 Å². The van der Waals surface area contributed by atoms with Crippen molar-refractivity contribution >= 4 is 22.3 Å². The number of ether oxygens (including phenoxy) is 2. The molecule has 2 atom stereocenters. The van der Waals surface area contributed by atoms with E-state index in [0.717, 1.165) is 49.9 Å². The van der Waals surface area contributed by atoms with Crippen LogP contribution in [-0.2, 0) is 6.54 Å². The van der Waals surface area contributed by atoms with Crippen molar-refractivity contribution in [2.45, 2.75) is 44.8 Å².